The normalized spacial score (nSPS) is 10.7. The molecular formula is C17H16O4. The zero-order valence-electron chi connectivity index (χ0n) is 11.6. The molecule has 0 bridgehead atoms. The summed E-state index contributed by atoms with van der Waals surface area (Å²) < 4.78 is 4.91. The number of phenols is 2. The molecule has 0 aromatic heterocycles. The van der Waals surface area contributed by atoms with E-state index >= 15 is 0 Å². The van der Waals surface area contributed by atoms with Crippen LogP contribution in [0.2, 0.25) is 0 Å². The van der Waals surface area contributed by atoms with Gasteiger partial charge in [-0.25, -0.2) is 4.79 Å². The summed E-state index contributed by atoms with van der Waals surface area (Å²) in [4.78, 5) is 11.5. The number of hydrogen-bond acceptors (Lipinski definition) is 4. The van der Waals surface area contributed by atoms with E-state index in [-0.39, 0.29) is 17.5 Å². The molecule has 0 radical (unpaired) electrons. The number of esters is 1. The predicted molar refractivity (Wildman–Crippen MR) is 81.1 cm³/mol. The lowest BCUT2D eigenvalue weighted by atomic mass is 10.1. The predicted octanol–water partition coefficient (Wildman–Crippen LogP) is 3.44. The highest BCUT2D eigenvalue weighted by Crippen LogP contribution is 2.25. The molecule has 0 spiro atoms. The number of ether oxygens (including phenoxy) is 1. The van der Waals surface area contributed by atoms with Gasteiger partial charge in [-0.1, -0.05) is 30.4 Å². The maximum absolute atomic E-state index is 11.5. The van der Waals surface area contributed by atoms with Gasteiger partial charge < -0.3 is 14.9 Å². The summed E-state index contributed by atoms with van der Waals surface area (Å²) in [5.74, 6) is -0.641. The number of phenolic OH excluding ortho intramolecular Hbond substituents is 2. The summed E-state index contributed by atoms with van der Waals surface area (Å²) in [5.41, 5.74) is 2.19. The number of benzene rings is 2. The highest BCUT2D eigenvalue weighted by Gasteiger charge is 2.04. The SMILES string of the molecule is CCOC(=O)c1ccc(C=Cc2ccc(O)c(O)c2)cc1. The first kappa shape index (κ1) is 14.7. The number of hydrogen-bond donors (Lipinski definition) is 2. The smallest absolute Gasteiger partial charge is 0.338 e. The molecule has 2 aromatic rings. The molecule has 0 unspecified atom stereocenters. The van der Waals surface area contributed by atoms with Crippen LogP contribution in [-0.4, -0.2) is 22.8 Å². The van der Waals surface area contributed by atoms with E-state index in [1.807, 2.05) is 18.2 Å². The van der Waals surface area contributed by atoms with Crippen LogP contribution in [0.5, 0.6) is 11.5 Å². The van der Waals surface area contributed by atoms with Crippen LogP contribution in [-0.2, 0) is 4.74 Å². The summed E-state index contributed by atoms with van der Waals surface area (Å²) in [6, 6.07) is 11.6. The van der Waals surface area contributed by atoms with Crippen LogP contribution in [0.15, 0.2) is 42.5 Å². The van der Waals surface area contributed by atoms with E-state index in [0.29, 0.717) is 12.2 Å². The van der Waals surface area contributed by atoms with Crippen molar-refractivity contribution in [1.29, 1.82) is 0 Å². The maximum atomic E-state index is 11.5. The van der Waals surface area contributed by atoms with E-state index < -0.39 is 0 Å². The van der Waals surface area contributed by atoms with Crippen molar-refractivity contribution in [3.05, 3.63) is 59.2 Å². The number of aromatic hydroxyl groups is 2. The zero-order chi connectivity index (χ0) is 15.2. The Labute approximate surface area is 122 Å². The van der Waals surface area contributed by atoms with Crippen molar-refractivity contribution in [2.45, 2.75) is 6.92 Å². The summed E-state index contributed by atoms with van der Waals surface area (Å²) in [7, 11) is 0. The van der Waals surface area contributed by atoms with Crippen LogP contribution in [0.3, 0.4) is 0 Å². The molecule has 0 heterocycles. The quantitative estimate of drug-likeness (QED) is 0.512. The van der Waals surface area contributed by atoms with Crippen molar-refractivity contribution in [3.63, 3.8) is 0 Å². The summed E-state index contributed by atoms with van der Waals surface area (Å²) in [6.07, 6.45) is 3.65. The Morgan fingerprint density at radius 2 is 1.62 bits per heavy atom. The van der Waals surface area contributed by atoms with Crippen LogP contribution < -0.4 is 0 Å². The zero-order valence-corrected chi connectivity index (χ0v) is 11.6. The molecule has 0 atom stereocenters. The van der Waals surface area contributed by atoms with E-state index in [1.165, 1.54) is 12.1 Å². The first-order chi connectivity index (χ1) is 10.1. The molecule has 4 heteroatoms. The first-order valence-corrected chi connectivity index (χ1v) is 6.57. The van der Waals surface area contributed by atoms with Crippen molar-refractivity contribution < 1.29 is 19.7 Å². The molecule has 0 amide bonds. The largest absolute Gasteiger partial charge is 0.504 e. The highest BCUT2D eigenvalue weighted by molar-refractivity contribution is 5.89. The Bertz CT molecular complexity index is 657. The van der Waals surface area contributed by atoms with Crippen molar-refractivity contribution in [3.8, 4) is 11.5 Å². The van der Waals surface area contributed by atoms with Gasteiger partial charge in [-0.2, -0.15) is 0 Å². The van der Waals surface area contributed by atoms with Crippen LogP contribution in [0.4, 0.5) is 0 Å². The van der Waals surface area contributed by atoms with Gasteiger partial charge in [0.15, 0.2) is 11.5 Å². The molecule has 0 aliphatic carbocycles. The minimum absolute atomic E-state index is 0.147. The van der Waals surface area contributed by atoms with E-state index in [2.05, 4.69) is 0 Å². The molecule has 108 valence electrons. The Hall–Kier alpha value is -2.75. The lowest BCUT2D eigenvalue weighted by molar-refractivity contribution is 0.0526. The molecule has 0 fully saturated rings. The number of carbonyl (C=O) groups excluding carboxylic acids is 1. The average Bonchev–Trinajstić information content (AvgIpc) is 2.49. The summed E-state index contributed by atoms with van der Waals surface area (Å²) in [5, 5.41) is 18.6. The lowest BCUT2D eigenvalue weighted by Gasteiger charge is -2.02. The Morgan fingerprint density at radius 1 is 1.00 bits per heavy atom. The third-order valence-corrected chi connectivity index (χ3v) is 2.89. The Morgan fingerprint density at radius 3 is 2.24 bits per heavy atom. The van der Waals surface area contributed by atoms with Gasteiger partial charge in [-0.15, -0.1) is 0 Å². The minimum atomic E-state index is -0.337. The molecule has 0 saturated carbocycles. The third kappa shape index (κ3) is 3.86. The van der Waals surface area contributed by atoms with E-state index in [4.69, 9.17) is 4.74 Å². The van der Waals surface area contributed by atoms with Crippen LogP contribution in [0.25, 0.3) is 12.2 Å². The fraction of sp³-hybridized carbons (Fsp3) is 0.118. The fourth-order valence-corrected chi connectivity index (χ4v) is 1.78. The third-order valence-electron chi connectivity index (χ3n) is 2.89. The Kier molecular flexibility index (Phi) is 4.61. The van der Waals surface area contributed by atoms with Crippen LogP contribution in [0.1, 0.15) is 28.4 Å². The second kappa shape index (κ2) is 6.61. The maximum Gasteiger partial charge on any atom is 0.338 e. The molecular weight excluding hydrogens is 268 g/mol. The fourth-order valence-electron chi connectivity index (χ4n) is 1.78. The van der Waals surface area contributed by atoms with Gasteiger partial charge >= 0.3 is 5.97 Å². The van der Waals surface area contributed by atoms with E-state index in [1.54, 1.807) is 31.2 Å². The highest BCUT2D eigenvalue weighted by atomic mass is 16.5. The minimum Gasteiger partial charge on any atom is -0.504 e. The summed E-state index contributed by atoms with van der Waals surface area (Å²) in [6.45, 7) is 2.12. The molecule has 0 saturated heterocycles. The van der Waals surface area contributed by atoms with Gasteiger partial charge in [0.25, 0.3) is 0 Å². The van der Waals surface area contributed by atoms with Gasteiger partial charge in [-0.3, -0.25) is 0 Å². The molecule has 4 nitrogen and oxygen atoms in total. The average molecular weight is 284 g/mol. The molecule has 2 rings (SSSR count). The van der Waals surface area contributed by atoms with E-state index in [0.717, 1.165) is 11.1 Å². The van der Waals surface area contributed by atoms with Crippen molar-refractivity contribution in [2.75, 3.05) is 6.61 Å². The Balaban J connectivity index is 2.10. The molecule has 2 N–H and O–H groups in total. The standard InChI is InChI=1S/C17H16O4/c1-2-21-17(20)14-8-5-12(6-9-14)3-4-13-7-10-15(18)16(19)11-13/h3-11,18-19H,2H2,1H3. The van der Waals surface area contributed by atoms with Crippen molar-refractivity contribution in [1.82, 2.24) is 0 Å². The van der Waals surface area contributed by atoms with Crippen molar-refractivity contribution in [2.24, 2.45) is 0 Å². The number of carbonyl (C=O) groups is 1. The van der Waals surface area contributed by atoms with Crippen molar-refractivity contribution >= 4 is 18.1 Å². The monoisotopic (exact) mass is 284 g/mol. The molecule has 21 heavy (non-hydrogen) atoms. The van der Waals surface area contributed by atoms with Crippen LogP contribution >= 0.6 is 0 Å². The van der Waals surface area contributed by atoms with Gasteiger partial charge in [0.05, 0.1) is 12.2 Å². The molecule has 0 aliphatic rings. The van der Waals surface area contributed by atoms with Gasteiger partial charge in [0.1, 0.15) is 0 Å². The lowest BCUT2D eigenvalue weighted by Crippen LogP contribution is -2.03. The summed E-state index contributed by atoms with van der Waals surface area (Å²) >= 11 is 0. The van der Waals surface area contributed by atoms with Gasteiger partial charge in [-0.05, 0) is 42.3 Å². The first-order valence-electron chi connectivity index (χ1n) is 6.57. The van der Waals surface area contributed by atoms with Gasteiger partial charge in [0, 0.05) is 0 Å². The molecule has 2 aromatic carbocycles. The second-order valence-electron chi connectivity index (χ2n) is 4.42. The second-order valence-corrected chi connectivity index (χ2v) is 4.42. The number of rotatable bonds is 4. The topological polar surface area (TPSA) is 66.8 Å². The van der Waals surface area contributed by atoms with E-state index in [9.17, 15) is 15.0 Å². The van der Waals surface area contributed by atoms with Gasteiger partial charge in [0.2, 0.25) is 0 Å². The molecule has 0 aliphatic heterocycles. The van der Waals surface area contributed by atoms with Crippen LogP contribution in [0, 0.1) is 0 Å².